The number of amides is 1. The van der Waals surface area contributed by atoms with E-state index < -0.39 is 27.8 Å². The average Bonchev–Trinajstić information content (AvgIpc) is 3.27. The molecule has 11 nitrogen and oxygen atoms in total. The quantitative estimate of drug-likeness (QED) is 0.362. The van der Waals surface area contributed by atoms with Crippen LogP contribution in [0.5, 0.6) is 28.9 Å². The van der Waals surface area contributed by atoms with Crippen molar-refractivity contribution in [2.24, 2.45) is 0 Å². The monoisotopic (exact) mass is 555 g/mol. The number of aliphatic hydroxyl groups is 1. The summed E-state index contributed by atoms with van der Waals surface area (Å²) in [5.74, 6) is 2.05. The predicted octanol–water partition coefficient (Wildman–Crippen LogP) is 3.32. The lowest BCUT2D eigenvalue weighted by Gasteiger charge is -2.24. The van der Waals surface area contributed by atoms with Crippen molar-refractivity contribution in [3.63, 3.8) is 0 Å². The molecule has 3 N–H and O–H groups in total. The summed E-state index contributed by atoms with van der Waals surface area (Å²) in [5, 5.41) is 9.79. The number of aromatic nitrogens is 1. The molecule has 0 radical (unpaired) electrons. The molecule has 0 spiro atoms. The second kappa shape index (κ2) is 10.7. The maximum Gasteiger partial charge on any atom is 0.301 e. The fraction of sp³-hybridized carbons (Fsp3) is 0.333. The van der Waals surface area contributed by atoms with Crippen molar-refractivity contribution < 1.29 is 37.3 Å². The fourth-order valence-corrected chi connectivity index (χ4v) is 5.21. The van der Waals surface area contributed by atoms with Crippen molar-refractivity contribution in [3.05, 3.63) is 71.9 Å². The van der Waals surface area contributed by atoms with Crippen LogP contribution >= 0.6 is 0 Å². The zero-order valence-corrected chi connectivity index (χ0v) is 22.2. The van der Waals surface area contributed by atoms with Crippen molar-refractivity contribution in [1.29, 1.82) is 0 Å². The standard InChI is InChI=1S/C27H29N3O8S/c1-27(2,32)12-13-35-25-11-10-19(15-28-25)38-22-5-3-4-20-23(16-36-26(20)22)37-18-8-6-17(7-9-18)21-14-24(31)30-39(33,34)29-21/h3-11,15,21,23,29,32H,12-14,16H2,1-2H3,(H,30,31)/t21?,23-/m1/s1. The van der Waals surface area contributed by atoms with Gasteiger partial charge in [0.05, 0.1) is 24.4 Å². The molecule has 2 aromatic carbocycles. The summed E-state index contributed by atoms with van der Waals surface area (Å²) in [6, 6.07) is 15.3. The van der Waals surface area contributed by atoms with Crippen LogP contribution in [0.3, 0.4) is 0 Å². The number of carbonyl (C=O) groups excluding carboxylic acids is 1. The van der Waals surface area contributed by atoms with Gasteiger partial charge in [0.15, 0.2) is 17.6 Å². The van der Waals surface area contributed by atoms with Crippen molar-refractivity contribution in [2.75, 3.05) is 13.2 Å². The largest absolute Gasteiger partial charge is 0.485 e. The molecule has 39 heavy (non-hydrogen) atoms. The van der Waals surface area contributed by atoms with Gasteiger partial charge in [0, 0.05) is 24.5 Å². The smallest absolute Gasteiger partial charge is 0.301 e. The van der Waals surface area contributed by atoms with E-state index >= 15 is 0 Å². The van der Waals surface area contributed by atoms with E-state index in [9.17, 15) is 18.3 Å². The number of fused-ring (bicyclic) bond motifs is 1. The van der Waals surface area contributed by atoms with Crippen LogP contribution < -0.4 is 28.4 Å². The zero-order chi connectivity index (χ0) is 27.6. The van der Waals surface area contributed by atoms with Crippen molar-refractivity contribution in [3.8, 4) is 28.9 Å². The Morgan fingerprint density at radius 2 is 1.87 bits per heavy atom. The van der Waals surface area contributed by atoms with Gasteiger partial charge in [0.2, 0.25) is 11.8 Å². The molecule has 206 valence electrons. The van der Waals surface area contributed by atoms with Gasteiger partial charge in [-0.2, -0.15) is 13.1 Å². The molecular weight excluding hydrogens is 526 g/mol. The number of pyridine rings is 1. The lowest BCUT2D eigenvalue weighted by Crippen LogP contribution is -2.48. The number of rotatable bonds is 9. The van der Waals surface area contributed by atoms with Gasteiger partial charge >= 0.3 is 10.2 Å². The number of benzene rings is 2. The van der Waals surface area contributed by atoms with Gasteiger partial charge in [-0.25, -0.2) is 9.71 Å². The normalized spacial score (nSPS) is 19.9. The van der Waals surface area contributed by atoms with Crippen LogP contribution in [0.15, 0.2) is 60.8 Å². The van der Waals surface area contributed by atoms with Crippen molar-refractivity contribution in [1.82, 2.24) is 14.4 Å². The minimum Gasteiger partial charge on any atom is -0.485 e. The highest BCUT2D eigenvalue weighted by Gasteiger charge is 2.31. The Morgan fingerprint density at radius 3 is 2.56 bits per heavy atom. The van der Waals surface area contributed by atoms with Crippen LogP contribution in [-0.4, -0.2) is 43.2 Å². The summed E-state index contributed by atoms with van der Waals surface area (Å²) < 4.78 is 51.5. The van der Waals surface area contributed by atoms with E-state index in [-0.39, 0.29) is 19.1 Å². The van der Waals surface area contributed by atoms with E-state index in [4.69, 9.17) is 18.9 Å². The molecule has 0 bridgehead atoms. The highest BCUT2D eigenvalue weighted by atomic mass is 32.2. The number of nitrogens with one attached hydrogen (secondary N) is 2. The van der Waals surface area contributed by atoms with Gasteiger partial charge in [0.1, 0.15) is 18.1 Å². The molecule has 1 unspecified atom stereocenters. The van der Waals surface area contributed by atoms with E-state index in [0.717, 1.165) is 5.56 Å². The first-order valence-corrected chi connectivity index (χ1v) is 13.9. The number of carbonyl (C=O) groups is 1. The first-order valence-electron chi connectivity index (χ1n) is 12.4. The summed E-state index contributed by atoms with van der Waals surface area (Å²) in [6.45, 7) is 4.07. The number of nitrogens with zero attached hydrogens (tertiary/aromatic N) is 1. The number of para-hydroxylation sites is 1. The maximum absolute atomic E-state index is 11.8. The molecule has 3 heterocycles. The minimum absolute atomic E-state index is 0.0133. The highest BCUT2D eigenvalue weighted by Crippen LogP contribution is 2.43. The molecule has 12 heteroatoms. The third-order valence-electron chi connectivity index (χ3n) is 6.13. The molecule has 1 aromatic heterocycles. The first-order chi connectivity index (χ1) is 18.5. The number of hydrogen-bond acceptors (Lipinski definition) is 9. The number of hydrogen-bond donors (Lipinski definition) is 3. The summed E-state index contributed by atoms with van der Waals surface area (Å²) in [5.41, 5.74) is 0.675. The first kappa shape index (κ1) is 26.7. The van der Waals surface area contributed by atoms with Gasteiger partial charge in [-0.05, 0) is 43.7 Å². The third-order valence-corrected chi connectivity index (χ3v) is 7.22. The SMILES string of the molecule is CC(C)(O)CCOc1ccc(Oc2cccc3c2OC[C@H]3Oc2ccc(C3CC(=O)NS(=O)(=O)N3)cc2)cn1. The molecule has 1 fully saturated rings. The Hall–Kier alpha value is -3.87. The van der Waals surface area contributed by atoms with Crippen LogP contribution in [-0.2, 0) is 15.0 Å². The Morgan fingerprint density at radius 1 is 1.10 bits per heavy atom. The Kier molecular flexibility index (Phi) is 7.34. The molecule has 5 rings (SSSR count). The van der Waals surface area contributed by atoms with Crippen LogP contribution in [0, 0.1) is 0 Å². The minimum atomic E-state index is -3.86. The van der Waals surface area contributed by atoms with Gasteiger partial charge in [0.25, 0.3) is 0 Å². The van der Waals surface area contributed by atoms with Crippen LogP contribution in [0.2, 0.25) is 0 Å². The van der Waals surface area contributed by atoms with Gasteiger partial charge in [-0.15, -0.1) is 0 Å². The topological polar surface area (TPSA) is 145 Å². The summed E-state index contributed by atoms with van der Waals surface area (Å²) in [4.78, 5) is 16.0. The Bertz CT molecular complexity index is 1440. The maximum atomic E-state index is 11.8. The van der Waals surface area contributed by atoms with E-state index in [1.165, 1.54) is 0 Å². The lowest BCUT2D eigenvalue weighted by molar-refractivity contribution is -0.120. The summed E-state index contributed by atoms with van der Waals surface area (Å²) in [7, 11) is -3.86. The summed E-state index contributed by atoms with van der Waals surface area (Å²) in [6.07, 6.45) is 1.67. The van der Waals surface area contributed by atoms with Crippen molar-refractivity contribution in [2.45, 2.75) is 44.4 Å². The zero-order valence-electron chi connectivity index (χ0n) is 21.4. The molecule has 1 saturated heterocycles. The molecule has 0 saturated carbocycles. The van der Waals surface area contributed by atoms with Crippen molar-refractivity contribution >= 4 is 16.1 Å². The molecule has 2 atom stereocenters. The second-order valence-corrected chi connectivity index (χ2v) is 11.4. The van der Waals surface area contributed by atoms with E-state index in [2.05, 4.69) is 9.71 Å². The van der Waals surface area contributed by atoms with Gasteiger partial charge in [-0.1, -0.05) is 24.3 Å². The molecule has 2 aliphatic heterocycles. The van der Waals surface area contributed by atoms with Crippen LogP contribution in [0.25, 0.3) is 0 Å². The van der Waals surface area contributed by atoms with E-state index in [0.29, 0.717) is 47.5 Å². The highest BCUT2D eigenvalue weighted by molar-refractivity contribution is 7.88. The average molecular weight is 556 g/mol. The molecule has 2 aliphatic rings. The number of ether oxygens (including phenoxy) is 4. The van der Waals surface area contributed by atoms with Crippen LogP contribution in [0.4, 0.5) is 0 Å². The van der Waals surface area contributed by atoms with E-state index in [1.807, 2.05) is 16.9 Å². The van der Waals surface area contributed by atoms with Crippen LogP contribution in [0.1, 0.15) is 50.0 Å². The molecular formula is C27H29N3O8S. The van der Waals surface area contributed by atoms with Gasteiger partial charge in [-0.3, -0.25) is 4.79 Å². The molecule has 3 aromatic rings. The predicted molar refractivity (Wildman–Crippen MR) is 140 cm³/mol. The Labute approximate surface area is 226 Å². The fourth-order valence-electron chi connectivity index (χ4n) is 4.18. The molecule has 1 amide bonds. The lowest BCUT2D eigenvalue weighted by atomic mass is 10.0. The third kappa shape index (κ3) is 6.77. The summed E-state index contributed by atoms with van der Waals surface area (Å²) >= 11 is 0. The molecule has 0 aliphatic carbocycles. The second-order valence-electron chi connectivity index (χ2n) is 9.91. The Balaban J connectivity index is 1.22. The van der Waals surface area contributed by atoms with Gasteiger partial charge < -0.3 is 24.1 Å². The van der Waals surface area contributed by atoms with E-state index in [1.54, 1.807) is 62.5 Å².